The first-order valence-corrected chi connectivity index (χ1v) is 9.57. The molecule has 9 heteroatoms. The smallest absolute Gasteiger partial charge is 0.292 e. The third-order valence-corrected chi connectivity index (χ3v) is 5.30. The Hall–Kier alpha value is -2.94. The fourth-order valence-electron chi connectivity index (χ4n) is 2.24. The summed E-state index contributed by atoms with van der Waals surface area (Å²) in [6.07, 6.45) is -0.150. The number of nitro benzene ring substituents is 1. The van der Waals surface area contributed by atoms with Crippen LogP contribution < -0.4 is 10.6 Å². The van der Waals surface area contributed by atoms with Crippen molar-refractivity contribution >= 4 is 27.1 Å². The van der Waals surface area contributed by atoms with Crippen LogP contribution in [0.15, 0.2) is 59.5 Å². The van der Waals surface area contributed by atoms with Crippen LogP contribution >= 0.6 is 0 Å². The van der Waals surface area contributed by atoms with Crippen LogP contribution in [0.5, 0.6) is 0 Å². The molecule has 0 saturated carbocycles. The van der Waals surface area contributed by atoms with E-state index in [-0.39, 0.29) is 35.8 Å². The minimum absolute atomic E-state index is 0.0484. The summed E-state index contributed by atoms with van der Waals surface area (Å²) in [7, 11) is -3.50. The summed E-state index contributed by atoms with van der Waals surface area (Å²) < 4.78 is 24.2. The van der Waals surface area contributed by atoms with Crippen molar-refractivity contribution in [2.45, 2.75) is 11.3 Å². The molecular weight excluding hydrogens is 358 g/mol. The molecule has 0 fully saturated rings. The monoisotopic (exact) mass is 377 g/mol. The molecule has 2 N–H and O–H groups in total. The molecule has 26 heavy (non-hydrogen) atoms. The maximum Gasteiger partial charge on any atom is 0.292 e. The molecule has 1 amide bonds. The predicted molar refractivity (Wildman–Crippen MR) is 97.7 cm³/mol. The van der Waals surface area contributed by atoms with Gasteiger partial charge in [0.2, 0.25) is 5.91 Å². The van der Waals surface area contributed by atoms with Gasteiger partial charge in [-0.25, -0.2) is 8.42 Å². The number of carbonyl (C=O) groups excluding carboxylic acids is 1. The molecule has 0 unspecified atom stereocenters. The second kappa shape index (κ2) is 8.95. The van der Waals surface area contributed by atoms with Crippen molar-refractivity contribution in [2.24, 2.45) is 0 Å². The van der Waals surface area contributed by atoms with Crippen molar-refractivity contribution < 1.29 is 18.1 Å². The van der Waals surface area contributed by atoms with Crippen molar-refractivity contribution in [3.8, 4) is 0 Å². The third-order valence-electron chi connectivity index (χ3n) is 3.56. The molecule has 138 valence electrons. The van der Waals surface area contributed by atoms with Crippen molar-refractivity contribution in [1.82, 2.24) is 5.32 Å². The van der Waals surface area contributed by atoms with Crippen LogP contribution in [0.1, 0.15) is 6.42 Å². The molecular formula is C17H19N3O5S. The molecule has 0 aromatic heterocycles. The molecule has 8 nitrogen and oxygen atoms in total. The Morgan fingerprint density at radius 2 is 1.65 bits per heavy atom. The lowest BCUT2D eigenvalue weighted by Crippen LogP contribution is -2.30. The fourth-order valence-corrected chi connectivity index (χ4v) is 3.50. The second-order valence-electron chi connectivity index (χ2n) is 5.43. The van der Waals surface area contributed by atoms with Gasteiger partial charge in [0, 0.05) is 25.6 Å². The minimum atomic E-state index is -3.50. The highest BCUT2D eigenvalue weighted by molar-refractivity contribution is 7.91. The molecule has 0 heterocycles. The Labute approximate surface area is 151 Å². The van der Waals surface area contributed by atoms with Gasteiger partial charge in [0.1, 0.15) is 5.69 Å². The van der Waals surface area contributed by atoms with E-state index < -0.39 is 20.7 Å². The first-order chi connectivity index (χ1) is 12.4. The molecule has 0 radical (unpaired) electrons. The zero-order valence-electron chi connectivity index (χ0n) is 13.9. The number of benzene rings is 2. The van der Waals surface area contributed by atoms with Crippen LogP contribution in [0.4, 0.5) is 11.4 Å². The number of amides is 1. The van der Waals surface area contributed by atoms with Crippen LogP contribution in [0.2, 0.25) is 0 Å². The average molecular weight is 377 g/mol. The SMILES string of the molecule is O=C(CCS(=O)(=O)c1ccccc1)NCCNc1ccccc1[N+](=O)[O-]. The topological polar surface area (TPSA) is 118 Å². The Balaban J connectivity index is 1.75. The summed E-state index contributed by atoms with van der Waals surface area (Å²) in [5.74, 6) is -0.672. The molecule has 2 aromatic rings. The normalized spacial score (nSPS) is 10.9. The van der Waals surface area contributed by atoms with Gasteiger partial charge in [-0.3, -0.25) is 14.9 Å². The van der Waals surface area contributed by atoms with Gasteiger partial charge in [-0.1, -0.05) is 30.3 Å². The van der Waals surface area contributed by atoms with E-state index in [1.165, 1.54) is 18.2 Å². The Bertz CT molecular complexity index is 869. The van der Waals surface area contributed by atoms with E-state index in [0.717, 1.165) is 0 Å². The number of rotatable bonds is 9. The van der Waals surface area contributed by atoms with Gasteiger partial charge in [0.05, 0.1) is 15.6 Å². The van der Waals surface area contributed by atoms with Gasteiger partial charge in [0.25, 0.3) is 5.69 Å². The molecule has 2 aromatic carbocycles. The number of nitro groups is 1. The zero-order valence-corrected chi connectivity index (χ0v) is 14.7. The average Bonchev–Trinajstić information content (AvgIpc) is 2.64. The third kappa shape index (κ3) is 5.55. The van der Waals surface area contributed by atoms with Crippen molar-refractivity contribution in [1.29, 1.82) is 0 Å². The lowest BCUT2D eigenvalue weighted by atomic mass is 10.2. The largest absolute Gasteiger partial charge is 0.378 e. The second-order valence-corrected chi connectivity index (χ2v) is 7.54. The maximum absolute atomic E-state index is 12.1. The maximum atomic E-state index is 12.1. The quantitative estimate of drug-likeness (QED) is 0.392. The van der Waals surface area contributed by atoms with Crippen LogP contribution in [-0.2, 0) is 14.6 Å². The number of hydrogen-bond donors (Lipinski definition) is 2. The van der Waals surface area contributed by atoms with Gasteiger partial charge >= 0.3 is 0 Å². The van der Waals surface area contributed by atoms with Crippen LogP contribution in [0, 0.1) is 10.1 Å². The van der Waals surface area contributed by atoms with Crippen molar-refractivity contribution in [3.63, 3.8) is 0 Å². The van der Waals surface area contributed by atoms with E-state index in [1.807, 2.05) is 0 Å². The zero-order chi connectivity index (χ0) is 19.0. The molecule has 0 aliphatic rings. The van der Waals surface area contributed by atoms with Crippen molar-refractivity contribution in [2.75, 3.05) is 24.2 Å². The Morgan fingerprint density at radius 3 is 2.35 bits per heavy atom. The predicted octanol–water partition coefficient (Wildman–Crippen LogP) is 1.99. The molecule has 0 spiro atoms. The molecule has 0 bridgehead atoms. The van der Waals surface area contributed by atoms with Gasteiger partial charge in [-0.15, -0.1) is 0 Å². The van der Waals surface area contributed by atoms with Gasteiger partial charge < -0.3 is 10.6 Å². The van der Waals surface area contributed by atoms with E-state index in [9.17, 15) is 23.3 Å². The molecule has 0 atom stereocenters. The lowest BCUT2D eigenvalue weighted by Gasteiger charge is -2.09. The number of carbonyl (C=O) groups is 1. The number of anilines is 1. The summed E-state index contributed by atoms with van der Waals surface area (Å²) >= 11 is 0. The highest BCUT2D eigenvalue weighted by Crippen LogP contribution is 2.22. The molecule has 0 aliphatic carbocycles. The molecule has 0 saturated heterocycles. The van der Waals surface area contributed by atoms with E-state index >= 15 is 0 Å². The van der Waals surface area contributed by atoms with E-state index in [1.54, 1.807) is 36.4 Å². The van der Waals surface area contributed by atoms with E-state index in [2.05, 4.69) is 10.6 Å². The first kappa shape index (κ1) is 19.4. The highest BCUT2D eigenvalue weighted by Gasteiger charge is 2.16. The molecule has 2 rings (SSSR count). The number of para-hydroxylation sites is 2. The summed E-state index contributed by atoms with van der Waals surface area (Å²) in [4.78, 5) is 22.4. The van der Waals surface area contributed by atoms with Gasteiger partial charge in [0.15, 0.2) is 9.84 Å². The molecule has 0 aliphatic heterocycles. The van der Waals surface area contributed by atoms with Gasteiger partial charge in [-0.05, 0) is 18.2 Å². The van der Waals surface area contributed by atoms with E-state index in [4.69, 9.17) is 0 Å². The number of hydrogen-bond acceptors (Lipinski definition) is 6. The number of sulfone groups is 1. The summed E-state index contributed by atoms with van der Waals surface area (Å²) in [5.41, 5.74) is 0.311. The standard InChI is InChI=1S/C17H19N3O5S/c21-17(10-13-26(24,25)14-6-2-1-3-7-14)19-12-11-18-15-8-4-5-9-16(15)20(22)23/h1-9,18H,10-13H2,(H,19,21). The Kier molecular flexibility index (Phi) is 6.67. The number of nitrogens with zero attached hydrogens (tertiary/aromatic N) is 1. The Morgan fingerprint density at radius 1 is 1.00 bits per heavy atom. The minimum Gasteiger partial charge on any atom is -0.378 e. The van der Waals surface area contributed by atoms with Crippen LogP contribution in [0.3, 0.4) is 0 Å². The summed E-state index contributed by atoms with van der Waals surface area (Å²) in [6, 6.07) is 14.1. The summed E-state index contributed by atoms with van der Waals surface area (Å²) in [6.45, 7) is 0.498. The van der Waals surface area contributed by atoms with E-state index in [0.29, 0.717) is 5.69 Å². The summed E-state index contributed by atoms with van der Waals surface area (Å²) in [5, 5.41) is 16.4. The highest BCUT2D eigenvalue weighted by atomic mass is 32.2. The first-order valence-electron chi connectivity index (χ1n) is 7.92. The lowest BCUT2D eigenvalue weighted by molar-refractivity contribution is -0.384. The van der Waals surface area contributed by atoms with Crippen LogP contribution in [-0.4, -0.2) is 38.1 Å². The number of nitrogens with one attached hydrogen (secondary N) is 2. The fraction of sp³-hybridized carbons (Fsp3) is 0.235. The van der Waals surface area contributed by atoms with Gasteiger partial charge in [-0.2, -0.15) is 0 Å². The van der Waals surface area contributed by atoms with Crippen LogP contribution in [0.25, 0.3) is 0 Å². The van der Waals surface area contributed by atoms with Crippen molar-refractivity contribution in [3.05, 3.63) is 64.7 Å².